The molecule has 0 amide bonds. The lowest BCUT2D eigenvalue weighted by atomic mass is 9.93. The van der Waals surface area contributed by atoms with Gasteiger partial charge in [-0.3, -0.25) is 4.99 Å². The summed E-state index contributed by atoms with van der Waals surface area (Å²) in [7, 11) is 1.67. The van der Waals surface area contributed by atoms with Crippen molar-refractivity contribution in [2.24, 2.45) is 10.7 Å². The molecule has 1 aromatic rings. The van der Waals surface area contributed by atoms with Crippen LogP contribution in [0.15, 0.2) is 10.4 Å². The summed E-state index contributed by atoms with van der Waals surface area (Å²) < 4.78 is 5.03. The van der Waals surface area contributed by atoms with Gasteiger partial charge in [0.15, 0.2) is 5.96 Å². The summed E-state index contributed by atoms with van der Waals surface area (Å²) >= 11 is 1.69. The fourth-order valence-corrected chi connectivity index (χ4v) is 2.65. The Morgan fingerprint density at radius 2 is 2.25 bits per heavy atom. The number of aromatic nitrogens is 1. The van der Waals surface area contributed by atoms with Crippen LogP contribution in [-0.2, 0) is 16.6 Å². The summed E-state index contributed by atoms with van der Waals surface area (Å²) in [6, 6.07) is 0.163. The van der Waals surface area contributed by atoms with Crippen molar-refractivity contribution in [3.63, 3.8) is 0 Å². The molecule has 3 N–H and O–H groups in total. The summed E-state index contributed by atoms with van der Waals surface area (Å²) in [6.07, 6.45) is 0.821. The van der Waals surface area contributed by atoms with E-state index < -0.39 is 0 Å². The van der Waals surface area contributed by atoms with Crippen LogP contribution in [0.1, 0.15) is 38.4 Å². The van der Waals surface area contributed by atoms with E-state index in [1.165, 1.54) is 0 Å². The first-order chi connectivity index (χ1) is 9.32. The summed E-state index contributed by atoms with van der Waals surface area (Å²) in [5, 5.41) is 6.32. The fraction of sp³-hybridized carbons (Fsp3) is 0.714. The van der Waals surface area contributed by atoms with E-state index in [2.05, 4.69) is 41.4 Å². The normalized spacial score (nSPS) is 14.3. The number of ether oxygens (including phenoxy) is 1. The molecule has 0 bridgehead atoms. The first-order valence-electron chi connectivity index (χ1n) is 6.83. The largest absolute Gasteiger partial charge is 0.383 e. The molecule has 0 aliphatic rings. The van der Waals surface area contributed by atoms with E-state index >= 15 is 0 Å². The molecule has 5 nitrogen and oxygen atoms in total. The van der Waals surface area contributed by atoms with E-state index in [4.69, 9.17) is 10.5 Å². The maximum Gasteiger partial charge on any atom is 0.188 e. The highest BCUT2D eigenvalue weighted by molar-refractivity contribution is 7.09. The van der Waals surface area contributed by atoms with Gasteiger partial charge >= 0.3 is 0 Å². The molecule has 114 valence electrons. The molecule has 0 aliphatic carbocycles. The van der Waals surface area contributed by atoms with Gasteiger partial charge in [-0.15, -0.1) is 11.3 Å². The van der Waals surface area contributed by atoms with E-state index in [-0.39, 0.29) is 11.5 Å². The molecule has 1 heterocycles. The van der Waals surface area contributed by atoms with E-state index in [1.54, 1.807) is 18.4 Å². The second kappa shape index (κ2) is 7.59. The number of thiazole rings is 1. The molecule has 1 unspecified atom stereocenters. The molecular formula is C14H26N4OS. The number of guanidine groups is 1. The summed E-state index contributed by atoms with van der Waals surface area (Å²) in [5.41, 5.74) is 7.06. The van der Waals surface area contributed by atoms with E-state index in [0.29, 0.717) is 19.1 Å². The highest BCUT2D eigenvalue weighted by Crippen LogP contribution is 2.23. The smallest absolute Gasteiger partial charge is 0.188 e. The van der Waals surface area contributed by atoms with Crippen LogP contribution in [0.3, 0.4) is 0 Å². The van der Waals surface area contributed by atoms with Gasteiger partial charge in [0.05, 0.1) is 17.3 Å². The molecule has 0 aliphatic heterocycles. The highest BCUT2D eigenvalue weighted by atomic mass is 32.1. The number of nitrogens with two attached hydrogens (primary N) is 1. The number of hydrogen-bond donors (Lipinski definition) is 2. The maximum atomic E-state index is 5.81. The van der Waals surface area contributed by atoms with Gasteiger partial charge in [-0.25, -0.2) is 4.98 Å². The van der Waals surface area contributed by atoms with Crippen LogP contribution in [-0.4, -0.2) is 37.2 Å². The number of methoxy groups -OCH3 is 1. The number of aliphatic imine (C=N–C) groups is 1. The highest BCUT2D eigenvalue weighted by Gasteiger charge is 2.17. The first kappa shape index (κ1) is 16.9. The van der Waals surface area contributed by atoms with Crippen molar-refractivity contribution >= 4 is 17.3 Å². The zero-order valence-corrected chi connectivity index (χ0v) is 13.9. The monoisotopic (exact) mass is 298 g/mol. The van der Waals surface area contributed by atoms with Crippen LogP contribution in [0.5, 0.6) is 0 Å². The van der Waals surface area contributed by atoms with Crippen LogP contribution >= 0.6 is 11.3 Å². The predicted octanol–water partition coefficient (Wildman–Crippen LogP) is 1.92. The van der Waals surface area contributed by atoms with Crippen LogP contribution < -0.4 is 11.1 Å². The predicted molar refractivity (Wildman–Crippen MR) is 85.5 cm³/mol. The molecule has 1 aromatic heterocycles. The van der Waals surface area contributed by atoms with Crippen LogP contribution in [0.4, 0.5) is 0 Å². The summed E-state index contributed by atoms with van der Waals surface area (Å²) in [6.45, 7) is 9.77. The van der Waals surface area contributed by atoms with Crippen molar-refractivity contribution in [2.75, 3.05) is 20.3 Å². The number of hydrogen-bond acceptors (Lipinski definition) is 4. The Labute approximate surface area is 125 Å². The number of nitrogens with zero attached hydrogens (tertiary/aromatic N) is 2. The Kier molecular flexibility index (Phi) is 6.42. The topological polar surface area (TPSA) is 72.5 Å². The minimum absolute atomic E-state index is 0.105. The molecule has 0 radical (unpaired) electrons. The average molecular weight is 298 g/mol. The SMILES string of the molecule is COCC(C)NC(N)=NCCc1nc(C(C)(C)C)cs1. The molecule has 0 aromatic carbocycles. The second-order valence-electron chi connectivity index (χ2n) is 5.89. The van der Waals surface area contributed by atoms with E-state index in [1.807, 2.05) is 6.92 Å². The van der Waals surface area contributed by atoms with Crippen LogP contribution in [0, 0.1) is 0 Å². The van der Waals surface area contributed by atoms with Crippen molar-refractivity contribution in [3.05, 3.63) is 16.1 Å². The average Bonchev–Trinajstić information content (AvgIpc) is 2.77. The second-order valence-corrected chi connectivity index (χ2v) is 6.84. The Morgan fingerprint density at radius 1 is 1.55 bits per heavy atom. The maximum absolute atomic E-state index is 5.81. The molecule has 0 saturated heterocycles. The van der Waals surface area contributed by atoms with Crippen molar-refractivity contribution in [1.29, 1.82) is 0 Å². The molecular weight excluding hydrogens is 272 g/mol. The molecule has 6 heteroatoms. The first-order valence-corrected chi connectivity index (χ1v) is 7.71. The van der Waals surface area contributed by atoms with Crippen LogP contribution in [0.25, 0.3) is 0 Å². The molecule has 0 spiro atoms. The third-order valence-electron chi connectivity index (χ3n) is 2.74. The third kappa shape index (κ3) is 5.88. The Morgan fingerprint density at radius 3 is 2.80 bits per heavy atom. The fourth-order valence-electron chi connectivity index (χ4n) is 1.63. The van der Waals surface area contributed by atoms with Gasteiger partial charge in [0.1, 0.15) is 0 Å². The molecule has 0 fully saturated rings. The Balaban J connectivity index is 2.41. The van der Waals surface area contributed by atoms with Crippen LogP contribution in [0.2, 0.25) is 0 Å². The quantitative estimate of drug-likeness (QED) is 0.622. The van der Waals surface area contributed by atoms with Gasteiger partial charge in [-0.2, -0.15) is 0 Å². The molecule has 0 saturated carbocycles. The zero-order valence-electron chi connectivity index (χ0n) is 13.1. The minimum Gasteiger partial charge on any atom is -0.383 e. The lowest BCUT2D eigenvalue weighted by Crippen LogP contribution is -2.40. The van der Waals surface area contributed by atoms with Gasteiger partial charge in [0.25, 0.3) is 0 Å². The molecule has 20 heavy (non-hydrogen) atoms. The summed E-state index contributed by atoms with van der Waals surface area (Å²) in [5.74, 6) is 0.460. The lowest BCUT2D eigenvalue weighted by molar-refractivity contribution is 0.179. The van der Waals surface area contributed by atoms with Gasteiger partial charge in [-0.05, 0) is 6.92 Å². The standard InChI is InChI=1S/C14H26N4OS/c1-10(8-19-5)17-13(15)16-7-6-12-18-11(9-20-12)14(2,3)4/h9-10H,6-8H2,1-5H3,(H3,15,16,17). The number of rotatable bonds is 6. The minimum atomic E-state index is 0.105. The molecule has 1 rings (SSSR count). The number of nitrogens with one attached hydrogen (secondary N) is 1. The van der Waals surface area contributed by atoms with Crippen molar-refractivity contribution in [3.8, 4) is 0 Å². The zero-order chi connectivity index (χ0) is 15.2. The van der Waals surface area contributed by atoms with Gasteiger partial charge < -0.3 is 15.8 Å². The third-order valence-corrected chi connectivity index (χ3v) is 3.65. The van der Waals surface area contributed by atoms with Crippen molar-refractivity contribution in [2.45, 2.75) is 45.6 Å². The Hall–Kier alpha value is -1.14. The van der Waals surface area contributed by atoms with E-state index in [0.717, 1.165) is 17.1 Å². The lowest BCUT2D eigenvalue weighted by Gasteiger charge is -2.14. The van der Waals surface area contributed by atoms with Gasteiger partial charge in [0.2, 0.25) is 0 Å². The van der Waals surface area contributed by atoms with Crippen molar-refractivity contribution in [1.82, 2.24) is 10.3 Å². The Bertz CT molecular complexity index is 437. The van der Waals surface area contributed by atoms with E-state index in [9.17, 15) is 0 Å². The summed E-state index contributed by atoms with van der Waals surface area (Å²) in [4.78, 5) is 8.94. The van der Waals surface area contributed by atoms with Crippen molar-refractivity contribution < 1.29 is 4.74 Å². The van der Waals surface area contributed by atoms with Gasteiger partial charge in [-0.1, -0.05) is 20.8 Å². The van der Waals surface area contributed by atoms with Gasteiger partial charge in [0, 0.05) is 36.9 Å². The molecule has 1 atom stereocenters.